The predicted molar refractivity (Wildman–Crippen MR) is 74.5 cm³/mol. The van der Waals surface area contributed by atoms with Gasteiger partial charge < -0.3 is 5.32 Å². The van der Waals surface area contributed by atoms with Crippen molar-refractivity contribution >= 4 is 5.91 Å². The molecular weight excluding hydrogens is 222 g/mol. The number of carbonyl (C=O) groups is 1. The lowest BCUT2D eigenvalue weighted by atomic mass is 9.94. The van der Waals surface area contributed by atoms with Crippen LogP contribution in [-0.4, -0.2) is 5.91 Å². The second-order valence-electron chi connectivity index (χ2n) is 6.33. The monoisotopic (exact) mass is 245 g/mol. The molecule has 0 radical (unpaired) electrons. The molecule has 1 N–H and O–H groups in total. The molecule has 0 heterocycles. The maximum Gasteiger partial charge on any atom is 0.225 e. The van der Waals surface area contributed by atoms with Crippen molar-refractivity contribution in [3.8, 4) is 0 Å². The van der Waals surface area contributed by atoms with E-state index < -0.39 is 0 Å². The maximum absolute atomic E-state index is 12.0. The molecule has 0 saturated carbocycles. The van der Waals surface area contributed by atoms with E-state index in [-0.39, 0.29) is 17.4 Å². The lowest BCUT2D eigenvalue weighted by Crippen LogP contribution is -2.36. The van der Waals surface area contributed by atoms with Crippen molar-refractivity contribution in [1.29, 1.82) is 0 Å². The highest BCUT2D eigenvalue weighted by Gasteiger charge is 2.23. The second-order valence-corrected chi connectivity index (χ2v) is 6.33. The van der Waals surface area contributed by atoms with Crippen molar-refractivity contribution in [2.75, 3.05) is 0 Å². The van der Waals surface area contributed by atoms with Gasteiger partial charge in [-0.3, -0.25) is 4.79 Å². The zero-order valence-electron chi connectivity index (χ0n) is 11.8. The van der Waals surface area contributed by atoms with Crippen LogP contribution < -0.4 is 5.32 Å². The molecule has 0 aromatic heterocycles. The summed E-state index contributed by atoms with van der Waals surface area (Å²) >= 11 is 0. The van der Waals surface area contributed by atoms with Gasteiger partial charge in [0.05, 0.1) is 6.04 Å². The molecule has 1 aromatic rings. The number of nitrogens with one attached hydrogen (secondary N) is 1. The van der Waals surface area contributed by atoms with E-state index in [1.165, 1.54) is 36.0 Å². The number of fused-ring (bicyclic) bond motifs is 1. The molecule has 2 rings (SSSR count). The molecule has 1 aromatic carbocycles. The van der Waals surface area contributed by atoms with Crippen molar-refractivity contribution in [2.24, 2.45) is 5.41 Å². The van der Waals surface area contributed by atoms with Crippen LogP contribution in [0.2, 0.25) is 0 Å². The maximum atomic E-state index is 12.0. The van der Waals surface area contributed by atoms with Gasteiger partial charge in [-0.2, -0.15) is 0 Å². The number of rotatable bonds is 2. The molecular formula is C16H23NO. The average molecular weight is 245 g/mol. The summed E-state index contributed by atoms with van der Waals surface area (Å²) in [5, 5.41) is 3.09. The topological polar surface area (TPSA) is 29.1 Å². The van der Waals surface area contributed by atoms with Crippen LogP contribution in [0.3, 0.4) is 0 Å². The van der Waals surface area contributed by atoms with E-state index in [0.717, 1.165) is 0 Å². The Morgan fingerprint density at radius 1 is 1.22 bits per heavy atom. The van der Waals surface area contributed by atoms with Gasteiger partial charge in [0.25, 0.3) is 0 Å². The molecule has 1 aliphatic rings. The summed E-state index contributed by atoms with van der Waals surface area (Å²) < 4.78 is 0. The minimum absolute atomic E-state index is 0.0858. The van der Waals surface area contributed by atoms with Gasteiger partial charge in [0.2, 0.25) is 5.91 Å². The Balaban J connectivity index is 2.10. The normalized spacial score (nSPS) is 16.2. The highest BCUT2D eigenvalue weighted by Crippen LogP contribution is 2.26. The fourth-order valence-electron chi connectivity index (χ4n) is 2.36. The van der Waals surface area contributed by atoms with Crippen LogP contribution in [0, 0.1) is 5.41 Å². The SMILES string of the molecule is C[C@H](NC(=O)C(C)(C)C)c1ccc2c(c1)CCC2. The van der Waals surface area contributed by atoms with Gasteiger partial charge in [0.1, 0.15) is 0 Å². The number of carbonyl (C=O) groups excluding carboxylic acids is 1. The number of amides is 1. The summed E-state index contributed by atoms with van der Waals surface area (Å²) in [5.41, 5.74) is 3.83. The third-order valence-electron chi connectivity index (χ3n) is 3.65. The zero-order chi connectivity index (χ0) is 13.3. The van der Waals surface area contributed by atoms with E-state index in [1.807, 2.05) is 20.8 Å². The molecule has 1 aliphatic carbocycles. The first-order valence-corrected chi connectivity index (χ1v) is 6.80. The van der Waals surface area contributed by atoms with Crippen molar-refractivity contribution in [3.05, 3.63) is 34.9 Å². The molecule has 0 aliphatic heterocycles. The fraction of sp³-hybridized carbons (Fsp3) is 0.562. The summed E-state index contributed by atoms with van der Waals surface area (Å²) in [6.07, 6.45) is 3.66. The molecule has 2 nitrogen and oxygen atoms in total. The van der Waals surface area contributed by atoms with Crippen LogP contribution in [0.1, 0.15) is 56.8 Å². The summed E-state index contributed by atoms with van der Waals surface area (Å²) in [6.45, 7) is 7.88. The minimum Gasteiger partial charge on any atom is -0.349 e. The number of benzene rings is 1. The van der Waals surface area contributed by atoms with E-state index >= 15 is 0 Å². The quantitative estimate of drug-likeness (QED) is 0.850. The van der Waals surface area contributed by atoms with Gasteiger partial charge in [-0.1, -0.05) is 39.0 Å². The van der Waals surface area contributed by atoms with Crippen LogP contribution >= 0.6 is 0 Å². The van der Waals surface area contributed by atoms with Gasteiger partial charge in [-0.25, -0.2) is 0 Å². The minimum atomic E-state index is -0.328. The number of hydrogen-bond donors (Lipinski definition) is 1. The largest absolute Gasteiger partial charge is 0.349 e. The Labute approximate surface area is 110 Å². The highest BCUT2D eigenvalue weighted by atomic mass is 16.2. The molecule has 0 fully saturated rings. The molecule has 2 heteroatoms. The van der Waals surface area contributed by atoms with E-state index in [1.54, 1.807) is 0 Å². The summed E-state index contributed by atoms with van der Waals surface area (Å²) in [7, 11) is 0. The molecule has 98 valence electrons. The Morgan fingerprint density at radius 2 is 1.89 bits per heavy atom. The van der Waals surface area contributed by atoms with Crippen molar-refractivity contribution in [1.82, 2.24) is 5.32 Å². The molecule has 0 unspecified atom stereocenters. The molecule has 0 bridgehead atoms. The second kappa shape index (κ2) is 4.75. The van der Waals surface area contributed by atoms with Gasteiger partial charge in [0, 0.05) is 5.41 Å². The molecule has 18 heavy (non-hydrogen) atoms. The standard InChI is InChI=1S/C16H23NO/c1-11(17-15(18)16(2,3)4)13-9-8-12-6-5-7-14(12)10-13/h8-11H,5-7H2,1-4H3,(H,17,18)/t11-/m0/s1. The van der Waals surface area contributed by atoms with Crippen molar-refractivity contribution in [3.63, 3.8) is 0 Å². The number of hydrogen-bond acceptors (Lipinski definition) is 1. The first kappa shape index (κ1) is 13.1. The molecule has 1 amide bonds. The Hall–Kier alpha value is -1.31. The molecule has 1 atom stereocenters. The van der Waals surface area contributed by atoms with Gasteiger partial charge in [-0.15, -0.1) is 0 Å². The van der Waals surface area contributed by atoms with E-state index in [0.29, 0.717) is 0 Å². The van der Waals surface area contributed by atoms with E-state index in [4.69, 9.17) is 0 Å². The predicted octanol–water partition coefficient (Wildman–Crippen LogP) is 3.40. The van der Waals surface area contributed by atoms with Crippen molar-refractivity contribution in [2.45, 2.75) is 53.0 Å². The van der Waals surface area contributed by atoms with Crippen LogP contribution in [0.25, 0.3) is 0 Å². The fourth-order valence-corrected chi connectivity index (χ4v) is 2.36. The highest BCUT2D eigenvalue weighted by molar-refractivity contribution is 5.81. The third kappa shape index (κ3) is 2.74. The smallest absolute Gasteiger partial charge is 0.225 e. The van der Waals surface area contributed by atoms with E-state index in [2.05, 4.69) is 30.4 Å². The number of aryl methyl sites for hydroxylation is 2. The lowest BCUT2D eigenvalue weighted by Gasteiger charge is -2.22. The van der Waals surface area contributed by atoms with Gasteiger partial charge in [0.15, 0.2) is 0 Å². The summed E-state index contributed by atoms with van der Waals surface area (Å²) in [6, 6.07) is 6.72. The Kier molecular flexibility index (Phi) is 3.47. The summed E-state index contributed by atoms with van der Waals surface area (Å²) in [5.74, 6) is 0.107. The van der Waals surface area contributed by atoms with Gasteiger partial charge in [-0.05, 0) is 42.9 Å². The lowest BCUT2D eigenvalue weighted by molar-refractivity contribution is -0.129. The molecule has 0 spiro atoms. The van der Waals surface area contributed by atoms with Gasteiger partial charge >= 0.3 is 0 Å². The third-order valence-corrected chi connectivity index (χ3v) is 3.65. The van der Waals surface area contributed by atoms with Crippen LogP contribution in [0.5, 0.6) is 0 Å². The first-order valence-electron chi connectivity index (χ1n) is 6.80. The van der Waals surface area contributed by atoms with Crippen LogP contribution in [-0.2, 0) is 17.6 Å². The Morgan fingerprint density at radius 3 is 2.56 bits per heavy atom. The zero-order valence-corrected chi connectivity index (χ0v) is 11.8. The molecule has 0 saturated heterocycles. The Bertz CT molecular complexity index is 457. The average Bonchev–Trinajstić information content (AvgIpc) is 2.74. The first-order chi connectivity index (χ1) is 8.38. The van der Waals surface area contributed by atoms with Crippen molar-refractivity contribution < 1.29 is 4.79 Å². The van der Waals surface area contributed by atoms with Crippen LogP contribution in [0.4, 0.5) is 0 Å². The van der Waals surface area contributed by atoms with E-state index in [9.17, 15) is 4.79 Å². The van der Waals surface area contributed by atoms with Crippen LogP contribution in [0.15, 0.2) is 18.2 Å². The summed E-state index contributed by atoms with van der Waals surface area (Å²) in [4.78, 5) is 12.0.